The number of benzene rings is 2. The topological polar surface area (TPSA) is 93.5 Å². The fourth-order valence-electron chi connectivity index (χ4n) is 2.23. The van der Waals surface area contributed by atoms with Crippen molar-refractivity contribution in [3.8, 4) is 5.75 Å². The Morgan fingerprint density at radius 1 is 1.25 bits per heavy atom. The second-order valence-electron chi connectivity index (χ2n) is 5.06. The van der Waals surface area contributed by atoms with Crippen molar-refractivity contribution in [2.75, 3.05) is 19.0 Å². The molecule has 0 saturated carbocycles. The highest BCUT2D eigenvalue weighted by atomic mass is 16.6. The van der Waals surface area contributed by atoms with Crippen LogP contribution in [0.15, 0.2) is 42.5 Å². The van der Waals surface area contributed by atoms with E-state index in [1.165, 1.54) is 13.2 Å². The second kappa shape index (κ2) is 7.96. The average molecular weight is 329 g/mol. The van der Waals surface area contributed by atoms with E-state index in [2.05, 4.69) is 10.6 Å². The van der Waals surface area contributed by atoms with E-state index in [-0.39, 0.29) is 17.3 Å². The number of nitro benzene ring substituents is 1. The zero-order chi connectivity index (χ0) is 17.5. The van der Waals surface area contributed by atoms with E-state index in [4.69, 9.17) is 4.74 Å². The summed E-state index contributed by atoms with van der Waals surface area (Å²) in [5.41, 5.74) is 2.13. The van der Waals surface area contributed by atoms with Gasteiger partial charge < -0.3 is 15.4 Å². The molecule has 2 aromatic rings. The number of hydrogen-bond acceptors (Lipinski definition) is 5. The number of anilines is 1. The summed E-state index contributed by atoms with van der Waals surface area (Å²) in [6, 6.07) is 11.9. The molecule has 2 N–H and O–H groups in total. The molecule has 2 rings (SSSR count). The Balaban J connectivity index is 2.09. The molecule has 0 aliphatic heterocycles. The van der Waals surface area contributed by atoms with Gasteiger partial charge in [-0.15, -0.1) is 0 Å². The van der Waals surface area contributed by atoms with Gasteiger partial charge in [0.05, 0.1) is 12.0 Å². The predicted molar refractivity (Wildman–Crippen MR) is 91.4 cm³/mol. The molecule has 0 radical (unpaired) electrons. The Bertz CT molecular complexity index is 746. The number of amides is 1. The number of nitro groups is 1. The molecule has 0 unspecified atom stereocenters. The van der Waals surface area contributed by atoms with Crippen LogP contribution in [-0.2, 0) is 6.54 Å². The van der Waals surface area contributed by atoms with Crippen LogP contribution in [0.1, 0.15) is 22.8 Å². The third kappa shape index (κ3) is 4.22. The van der Waals surface area contributed by atoms with Crippen LogP contribution in [-0.4, -0.2) is 24.5 Å². The van der Waals surface area contributed by atoms with Crippen LogP contribution in [0.25, 0.3) is 0 Å². The van der Waals surface area contributed by atoms with E-state index in [1.807, 2.05) is 19.1 Å². The van der Waals surface area contributed by atoms with Gasteiger partial charge in [0.1, 0.15) is 0 Å². The molecular weight excluding hydrogens is 310 g/mol. The third-order valence-corrected chi connectivity index (χ3v) is 3.40. The minimum atomic E-state index is -0.488. The van der Waals surface area contributed by atoms with Crippen LogP contribution in [0.5, 0.6) is 5.75 Å². The summed E-state index contributed by atoms with van der Waals surface area (Å²) in [6.45, 7) is 2.92. The van der Waals surface area contributed by atoms with E-state index >= 15 is 0 Å². The normalized spacial score (nSPS) is 10.1. The maximum Gasteiger partial charge on any atom is 0.311 e. The van der Waals surface area contributed by atoms with Gasteiger partial charge in [0.2, 0.25) is 0 Å². The smallest absolute Gasteiger partial charge is 0.311 e. The van der Waals surface area contributed by atoms with Gasteiger partial charge >= 0.3 is 5.69 Å². The Morgan fingerprint density at radius 3 is 2.71 bits per heavy atom. The van der Waals surface area contributed by atoms with Crippen molar-refractivity contribution in [1.82, 2.24) is 5.32 Å². The molecule has 0 saturated heterocycles. The molecule has 1 amide bonds. The zero-order valence-electron chi connectivity index (χ0n) is 13.5. The van der Waals surface area contributed by atoms with E-state index in [0.29, 0.717) is 24.3 Å². The first-order chi connectivity index (χ1) is 11.5. The molecule has 0 bridgehead atoms. The number of carbonyl (C=O) groups is 1. The summed E-state index contributed by atoms with van der Waals surface area (Å²) in [6.07, 6.45) is 0. The van der Waals surface area contributed by atoms with Crippen LogP contribution in [0.3, 0.4) is 0 Å². The number of nitrogens with one attached hydrogen (secondary N) is 2. The first-order valence-corrected chi connectivity index (χ1v) is 7.48. The van der Waals surface area contributed by atoms with Gasteiger partial charge in [-0.1, -0.05) is 12.1 Å². The van der Waals surface area contributed by atoms with Crippen molar-refractivity contribution in [1.29, 1.82) is 0 Å². The van der Waals surface area contributed by atoms with Crippen molar-refractivity contribution in [2.24, 2.45) is 0 Å². The first kappa shape index (κ1) is 17.3. The summed E-state index contributed by atoms with van der Waals surface area (Å²) in [5, 5.41) is 16.8. The van der Waals surface area contributed by atoms with Crippen LogP contribution < -0.4 is 15.4 Å². The molecule has 0 fully saturated rings. The predicted octanol–water partition coefficient (Wildman–Crippen LogP) is 2.97. The molecule has 2 aromatic carbocycles. The fourth-order valence-corrected chi connectivity index (χ4v) is 2.23. The first-order valence-electron chi connectivity index (χ1n) is 7.48. The van der Waals surface area contributed by atoms with E-state index < -0.39 is 4.92 Å². The fraction of sp³-hybridized carbons (Fsp3) is 0.235. The lowest BCUT2D eigenvalue weighted by atomic mass is 10.1. The molecule has 0 atom stereocenters. The van der Waals surface area contributed by atoms with Gasteiger partial charge in [0, 0.05) is 36.5 Å². The minimum absolute atomic E-state index is 0.0821. The molecule has 0 heterocycles. The Morgan fingerprint density at radius 2 is 2.04 bits per heavy atom. The molecule has 7 heteroatoms. The van der Waals surface area contributed by atoms with Crippen molar-refractivity contribution in [3.05, 3.63) is 63.7 Å². The van der Waals surface area contributed by atoms with E-state index in [0.717, 1.165) is 5.56 Å². The minimum Gasteiger partial charge on any atom is -0.490 e. The Kier molecular flexibility index (Phi) is 5.73. The molecule has 7 nitrogen and oxygen atoms in total. The monoisotopic (exact) mass is 329 g/mol. The molecule has 24 heavy (non-hydrogen) atoms. The Hall–Kier alpha value is -3.09. The maximum atomic E-state index is 11.8. The van der Waals surface area contributed by atoms with Crippen LogP contribution >= 0.6 is 0 Å². The van der Waals surface area contributed by atoms with Crippen LogP contribution in [0, 0.1) is 10.1 Å². The van der Waals surface area contributed by atoms with Gasteiger partial charge in [-0.25, -0.2) is 0 Å². The van der Waals surface area contributed by atoms with E-state index in [1.54, 1.807) is 24.3 Å². The average Bonchev–Trinajstić information content (AvgIpc) is 2.60. The standard InChI is InChI=1S/C17H19N3O4/c1-3-18-17(21)13-6-4-5-12(9-13)11-19-14-7-8-15(20(22)23)16(10-14)24-2/h4-10,19H,3,11H2,1-2H3,(H,18,21). The second-order valence-corrected chi connectivity index (χ2v) is 5.06. The van der Waals surface area contributed by atoms with Crippen LogP contribution in [0.4, 0.5) is 11.4 Å². The van der Waals surface area contributed by atoms with Crippen molar-refractivity contribution < 1.29 is 14.5 Å². The van der Waals surface area contributed by atoms with Crippen LogP contribution in [0.2, 0.25) is 0 Å². The highest BCUT2D eigenvalue weighted by Gasteiger charge is 2.14. The molecule has 0 aliphatic rings. The lowest BCUT2D eigenvalue weighted by molar-refractivity contribution is -0.385. The van der Waals surface area contributed by atoms with Gasteiger partial charge in [-0.2, -0.15) is 0 Å². The van der Waals surface area contributed by atoms with Gasteiger partial charge in [0.15, 0.2) is 5.75 Å². The summed E-state index contributed by atoms with van der Waals surface area (Å²) in [7, 11) is 1.39. The lowest BCUT2D eigenvalue weighted by Crippen LogP contribution is -2.22. The molecule has 0 spiro atoms. The number of carbonyl (C=O) groups excluding carboxylic acids is 1. The SMILES string of the molecule is CCNC(=O)c1cccc(CNc2ccc([N+](=O)[O-])c(OC)c2)c1. The van der Waals surface area contributed by atoms with E-state index in [9.17, 15) is 14.9 Å². The number of ether oxygens (including phenoxy) is 1. The number of methoxy groups -OCH3 is 1. The zero-order valence-corrected chi connectivity index (χ0v) is 13.5. The molecule has 126 valence electrons. The van der Waals surface area contributed by atoms with Gasteiger partial charge in [-0.05, 0) is 30.7 Å². The summed E-state index contributed by atoms with van der Waals surface area (Å²) in [5.74, 6) is 0.0810. The maximum absolute atomic E-state index is 11.8. The van der Waals surface area contributed by atoms with Crippen molar-refractivity contribution in [2.45, 2.75) is 13.5 Å². The summed E-state index contributed by atoms with van der Waals surface area (Å²) >= 11 is 0. The number of rotatable bonds is 7. The highest BCUT2D eigenvalue weighted by Crippen LogP contribution is 2.29. The van der Waals surface area contributed by atoms with Gasteiger partial charge in [-0.3, -0.25) is 14.9 Å². The largest absolute Gasteiger partial charge is 0.490 e. The van der Waals surface area contributed by atoms with Crippen molar-refractivity contribution >= 4 is 17.3 Å². The third-order valence-electron chi connectivity index (χ3n) is 3.40. The van der Waals surface area contributed by atoms with Crippen molar-refractivity contribution in [3.63, 3.8) is 0 Å². The lowest BCUT2D eigenvalue weighted by Gasteiger charge is -2.10. The quantitative estimate of drug-likeness (QED) is 0.602. The Labute approximate surface area is 139 Å². The molecule has 0 aromatic heterocycles. The number of hydrogen-bond donors (Lipinski definition) is 2. The summed E-state index contributed by atoms with van der Waals surface area (Å²) < 4.78 is 5.04. The number of nitrogens with zero attached hydrogens (tertiary/aromatic N) is 1. The summed E-state index contributed by atoms with van der Waals surface area (Å²) in [4.78, 5) is 22.2. The molecule has 0 aliphatic carbocycles. The highest BCUT2D eigenvalue weighted by molar-refractivity contribution is 5.94. The van der Waals surface area contributed by atoms with Gasteiger partial charge in [0.25, 0.3) is 5.91 Å². The molecular formula is C17H19N3O4.